The smallest absolute Gasteiger partial charge is 0.134 e. The highest BCUT2D eigenvalue weighted by molar-refractivity contribution is 5.48. The average molecular weight is 288 g/mol. The monoisotopic (exact) mass is 288 g/mol. The number of epoxide rings is 1. The van der Waals surface area contributed by atoms with Gasteiger partial charge < -0.3 is 14.6 Å². The highest BCUT2D eigenvalue weighted by Gasteiger charge is 2.36. The van der Waals surface area contributed by atoms with Gasteiger partial charge in [-0.25, -0.2) is 0 Å². The van der Waals surface area contributed by atoms with Crippen molar-refractivity contribution in [1.29, 1.82) is 0 Å². The minimum absolute atomic E-state index is 0.263. The Hall–Kier alpha value is -1.55. The van der Waals surface area contributed by atoms with Crippen LogP contribution in [0.4, 0.5) is 0 Å². The molecule has 0 spiro atoms. The summed E-state index contributed by atoms with van der Waals surface area (Å²) in [6.45, 7) is 3.43. The lowest BCUT2D eigenvalue weighted by molar-refractivity contribution is -0.107. The molecule has 3 unspecified atom stereocenters. The molecule has 0 saturated carbocycles. The molecule has 0 aliphatic carbocycles. The molecular weight excluding hydrogens is 264 g/mol. The lowest BCUT2D eigenvalue weighted by Gasteiger charge is -1.98. The van der Waals surface area contributed by atoms with Crippen molar-refractivity contribution in [1.82, 2.24) is 0 Å². The molecular formula is C18H24O3. The van der Waals surface area contributed by atoms with Crippen molar-refractivity contribution in [2.75, 3.05) is 0 Å². The number of hydrogen-bond donors (Lipinski definition) is 1. The maximum atomic E-state index is 10.2. The van der Waals surface area contributed by atoms with Crippen LogP contribution in [-0.4, -0.2) is 29.7 Å². The first-order valence-corrected chi connectivity index (χ1v) is 7.66. The van der Waals surface area contributed by atoms with Crippen LogP contribution < -0.4 is 0 Å². The molecule has 3 nitrogen and oxygen atoms in total. The van der Waals surface area contributed by atoms with Crippen molar-refractivity contribution in [3.05, 3.63) is 12.7 Å². The Morgan fingerprint density at radius 1 is 1.14 bits per heavy atom. The van der Waals surface area contributed by atoms with Gasteiger partial charge in [0.2, 0.25) is 0 Å². The molecule has 1 fully saturated rings. The topological polar surface area (TPSA) is 49.8 Å². The number of rotatable bonds is 10. The summed E-state index contributed by atoms with van der Waals surface area (Å²) in [4.78, 5) is 10.2. The number of carbonyl (C=O) groups is 1. The third-order valence-corrected chi connectivity index (χ3v) is 3.40. The Morgan fingerprint density at radius 3 is 2.67 bits per heavy atom. The fourth-order valence-electron chi connectivity index (χ4n) is 2.08. The molecule has 114 valence electrons. The van der Waals surface area contributed by atoms with E-state index in [2.05, 4.69) is 30.3 Å². The maximum absolute atomic E-state index is 10.2. The third-order valence-electron chi connectivity index (χ3n) is 3.40. The molecule has 0 radical (unpaired) electrons. The summed E-state index contributed by atoms with van der Waals surface area (Å²) in [7, 11) is 0. The van der Waals surface area contributed by atoms with Crippen molar-refractivity contribution in [3.8, 4) is 23.7 Å². The fourth-order valence-corrected chi connectivity index (χ4v) is 2.08. The van der Waals surface area contributed by atoms with E-state index in [1.807, 2.05) is 0 Å². The number of hydrogen-bond acceptors (Lipinski definition) is 3. The zero-order valence-corrected chi connectivity index (χ0v) is 12.5. The first kappa shape index (κ1) is 17.5. The van der Waals surface area contributed by atoms with E-state index in [1.165, 1.54) is 25.3 Å². The molecule has 1 saturated heterocycles. The molecule has 0 aromatic rings. The van der Waals surface area contributed by atoms with Crippen molar-refractivity contribution in [2.24, 2.45) is 0 Å². The predicted molar refractivity (Wildman–Crippen MR) is 83.4 cm³/mol. The van der Waals surface area contributed by atoms with Gasteiger partial charge >= 0.3 is 0 Å². The van der Waals surface area contributed by atoms with Gasteiger partial charge in [-0.1, -0.05) is 50.2 Å². The number of carbonyl (C=O) groups excluding carboxylic acids is 1. The van der Waals surface area contributed by atoms with Crippen LogP contribution in [0.15, 0.2) is 12.7 Å². The van der Waals surface area contributed by atoms with E-state index in [1.54, 1.807) is 0 Å². The molecule has 1 N–H and O–H groups in total. The summed E-state index contributed by atoms with van der Waals surface area (Å²) in [5.74, 6) is 10.8. The van der Waals surface area contributed by atoms with E-state index < -0.39 is 6.10 Å². The van der Waals surface area contributed by atoms with Gasteiger partial charge in [-0.15, -0.1) is 0 Å². The molecule has 0 amide bonds. The lowest BCUT2D eigenvalue weighted by atomic mass is 10.1. The molecule has 3 atom stereocenters. The summed E-state index contributed by atoms with van der Waals surface area (Å²) in [6, 6.07) is 0. The number of aliphatic hydroxyl groups excluding tert-OH is 1. The molecule has 21 heavy (non-hydrogen) atoms. The van der Waals surface area contributed by atoms with Crippen molar-refractivity contribution in [3.63, 3.8) is 0 Å². The summed E-state index contributed by atoms with van der Waals surface area (Å²) in [5, 5.41) is 9.11. The third kappa shape index (κ3) is 9.08. The van der Waals surface area contributed by atoms with Crippen LogP contribution >= 0.6 is 0 Å². The largest absolute Gasteiger partial charge is 0.377 e. The first-order valence-electron chi connectivity index (χ1n) is 7.66. The molecule has 0 aromatic carbocycles. The zero-order valence-electron chi connectivity index (χ0n) is 12.5. The van der Waals surface area contributed by atoms with Crippen LogP contribution in [0, 0.1) is 23.7 Å². The van der Waals surface area contributed by atoms with Gasteiger partial charge in [0, 0.05) is 12.8 Å². The number of unbranched alkanes of at least 4 members (excludes halogenated alkanes) is 5. The van der Waals surface area contributed by atoms with Crippen LogP contribution in [0.3, 0.4) is 0 Å². The van der Waals surface area contributed by atoms with E-state index in [-0.39, 0.29) is 6.10 Å². The second-order valence-corrected chi connectivity index (χ2v) is 5.18. The summed E-state index contributed by atoms with van der Waals surface area (Å²) >= 11 is 0. The van der Waals surface area contributed by atoms with E-state index in [4.69, 9.17) is 9.84 Å². The Kier molecular flexibility index (Phi) is 9.29. The minimum atomic E-state index is -0.796. The normalized spacial score (nSPS) is 20.4. The maximum Gasteiger partial charge on any atom is 0.134 e. The van der Waals surface area contributed by atoms with E-state index in [0.29, 0.717) is 18.9 Å². The molecule has 0 aromatic heterocycles. The molecule has 0 bridgehead atoms. The van der Waals surface area contributed by atoms with Gasteiger partial charge in [-0.3, -0.25) is 0 Å². The summed E-state index contributed by atoms with van der Waals surface area (Å²) in [5.41, 5.74) is 0. The van der Waals surface area contributed by atoms with E-state index in [0.717, 1.165) is 25.5 Å². The zero-order chi connectivity index (χ0) is 15.3. The van der Waals surface area contributed by atoms with Gasteiger partial charge in [0.15, 0.2) is 0 Å². The van der Waals surface area contributed by atoms with Crippen molar-refractivity contribution < 1.29 is 14.6 Å². The van der Waals surface area contributed by atoms with E-state index in [9.17, 15) is 4.79 Å². The van der Waals surface area contributed by atoms with Gasteiger partial charge in [-0.05, 0) is 24.7 Å². The Balaban J connectivity index is 1.97. The fraction of sp³-hybridized carbons (Fsp3) is 0.611. The summed E-state index contributed by atoms with van der Waals surface area (Å²) in [6.07, 6.45) is 10.4. The quantitative estimate of drug-likeness (QED) is 0.221. The highest BCUT2D eigenvalue weighted by Crippen LogP contribution is 2.29. The predicted octanol–water partition coefficient (Wildman–Crippen LogP) is 2.63. The number of ether oxygens (including phenoxy) is 1. The second-order valence-electron chi connectivity index (χ2n) is 5.18. The second kappa shape index (κ2) is 11.1. The van der Waals surface area contributed by atoms with Crippen LogP contribution in [-0.2, 0) is 9.53 Å². The Labute approximate surface area is 127 Å². The standard InChI is InChI=1S/C18H24O3/c1-2-16(20)12-8-7-10-14-18-17(21-18)13-9-5-3-4-6-11-15-19/h2,15-18,20H,1,3-6,9,11,13-14H2. The Morgan fingerprint density at radius 2 is 1.90 bits per heavy atom. The Bertz CT molecular complexity index is 433. The van der Waals surface area contributed by atoms with Crippen LogP contribution in [0.2, 0.25) is 0 Å². The van der Waals surface area contributed by atoms with Crippen LogP contribution in [0.5, 0.6) is 0 Å². The minimum Gasteiger partial charge on any atom is -0.377 e. The number of aliphatic hydroxyl groups is 1. The van der Waals surface area contributed by atoms with E-state index >= 15 is 0 Å². The summed E-state index contributed by atoms with van der Waals surface area (Å²) < 4.78 is 5.55. The molecule has 1 aliphatic rings. The molecule has 3 heteroatoms. The van der Waals surface area contributed by atoms with Crippen molar-refractivity contribution >= 4 is 6.29 Å². The first-order chi connectivity index (χ1) is 10.3. The van der Waals surface area contributed by atoms with Gasteiger partial charge in [0.25, 0.3) is 0 Å². The van der Waals surface area contributed by atoms with Crippen LogP contribution in [0.1, 0.15) is 51.4 Å². The average Bonchev–Trinajstić information content (AvgIpc) is 3.24. The number of aldehydes is 1. The van der Waals surface area contributed by atoms with Gasteiger partial charge in [0.05, 0.1) is 12.2 Å². The van der Waals surface area contributed by atoms with Crippen molar-refractivity contribution in [2.45, 2.75) is 69.7 Å². The van der Waals surface area contributed by atoms with Crippen LogP contribution in [0.25, 0.3) is 0 Å². The van der Waals surface area contributed by atoms with Gasteiger partial charge in [0.1, 0.15) is 12.4 Å². The highest BCUT2D eigenvalue weighted by atomic mass is 16.6. The van der Waals surface area contributed by atoms with Gasteiger partial charge in [-0.2, -0.15) is 0 Å². The molecule has 1 rings (SSSR count). The lowest BCUT2D eigenvalue weighted by Crippen LogP contribution is -1.94. The molecule has 1 aliphatic heterocycles. The molecule has 1 heterocycles. The SMILES string of the molecule is C=CC(O)C#CC#CCC1OC1CCCCCCCC=O.